The van der Waals surface area contributed by atoms with E-state index < -0.39 is 16.7 Å². The summed E-state index contributed by atoms with van der Waals surface area (Å²) in [6.45, 7) is 2.13. The number of hydrogen-bond acceptors (Lipinski definition) is 3. The van der Waals surface area contributed by atoms with Crippen LogP contribution in [0.25, 0.3) is 0 Å². The second kappa shape index (κ2) is 4.89. The van der Waals surface area contributed by atoms with Crippen molar-refractivity contribution in [3.05, 3.63) is 0 Å². The molecule has 82 valence electrons. The highest BCUT2D eigenvalue weighted by Crippen LogP contribution is 2.26. The number of amides is 1. The zero-order valence-electron chi connectivity index (χ0n) is 8.44. The Balaban J connectivity index is 2.55. The van der Waals surface area contributed by atoms with E-state index in [2.05, 4.69) is 6.92 Å². The third kappa shape index (κ3) is 3.06. The van der Waals surface area contributed by atoms with Gasteiger partial charge < -0.3 is 11.5 Å². The molecule has 1 amide bonds. The van der Waals surface area contributed by atoms with E-state index in [4.69, 9.17) is 11.5 Å². The highest BCUT2D eigenvalue weighted by molar-refractivity contribution is 7.86. The summed E-state index contributed by atoms with van der Waals surface area (Å²) in [4.78, 5) is 10.6. The van der Waals surface area contributed by atoms with Gasteiger partial charge in [0.2, 0.25) is 5.91 Å². The number of carbonyl (C=O) groups excluding carboxylic acids is 1. The third-order valence-electron chi connectivity index (χ3n) is 2.73. The minimum atomic E-state index is -1.19. The van der Waals surface area contributed by atoms with E-state index in [-0.39, 0.29) is 17.0 Å². The lowest BCUT2D eigenvalue weighted by Gasteiger charge is -2.31. The highest BCUT2D eigenvalue weighted by Gasteiger charge is 2.30. The van der Waals surface area contributed by atoms with Gasteiger partial charge in [-0.2, -0.15) is 0 Å². The molecule has 0 heterocycles. The standard InChI is InChI=1S/C9H18N2O2S/c1-6-2-3-7(10)8(4-6)14(13)5-9(11)12/h6-8H,2-5,10H2,1H3,(H2,11,12). The van der Waals surface area contributed by atoms with Crippen molar-refractivity contribution in [1.82, 2.24) is 0 Å². The van der Waals surface area contributed by atoms with Crippen LogP contribution in [0, 0.1) is 5.92 Å². The zero-order chi connectivity index (χ0) is 10.7. The maximum atomic E-state index is 11.7. The molecule has 1 saturated carbocycles. The molecular formula is C9H18N2O2S. The largest absolute Gasteiger partial charge is 0.369 e. The molecule has 0 aromatic heterocycles. The lowest BCUT2D eigenvalue weighted by Crippen LogP contribution is -2.44. The molecule has 1 aliphatic rings. The second-order valence-electron chi connectivity index (χ2n) is 4.11. The van der Waals surface area contributed by atoms with Crippen LogP contribution < -0.4 is 11.5 Å². The Bertz CT molecular complexity index is 245. The summed E-state index contributed by atoms with van der Waals surface area (Å²) >= 11 is 0. The van der Waals surface area contributed by atoms with E-state index in [9.17, 15) is 9.00 Å². The van der Waals surface area contributed by atoms with Gasteiger partial charge >= 0.3 is 0 Å². The molecule has 0 aromatic rings. The molecule has 0 spiro atoms. The summed E-state index contributed by atoms with van der Waals surface area (Å²) in [5.41, 5.74) is 10.9. The zero-order valence-corrected chi connectivity index (χ0v) is 9.26. The quantitative estimate of drug-likeness (QED) is 0.684. The molecule has 0 aliphatic heterocycles. The van der Waals surface area contributed by atoms with Crippen molar-refractivity contribution in [2.24, 2.45) is 17.4 Å². The van der Waals surface area contributed by atoms with E-state index in [0.717, 1.165) is 19.3 Å². The average Bonchev–Trinajstić information content (AvgIpc) is 2.08. The molecule has 4 unspecified atom stereocenters. The maximum Gasteiger partial charge on any atom is 0.230 e. The van der Waals surface area contributed by atoms with E-state index in [1.54, 1.807) is 0 Å². The Labute approximate surface area is 86.9 Å². The van der Waals surface area contributed by atoms with Crippen LogP contribution in [0.1, 0.15) is 26.2 Å². The predicted molar refractivity (Wildman–Crippen MR) is 57.0 cm³/mol. The van der Waals surface area contributed by atoms with Crippen LogP contribution in [0.15, 0.2) is 0 Å². The topological polar surface area (TPSA) is 86.2 Å². The number of primary amides is 1. The fourth-order valence-corrected chi connectivity index (χ4v) is 3.47. The van der Waals surface area contributed by atoms with Crippen LogP contribution in [-0.2, 0) is 15.6 Å². The summed E-state index contributed by atoms with van der Waals surface area (Å²) in [6.07, 6.45) is 2.84. The Kier molecular flexibility index (Phi) is 4.07. The van der Waals surface area contributed by atoms with Crippen molar-refractivity contribution < 1.29 is 9.00 Å². The Morgan fingerprint density at radius 1 is 1.50 bits per heavy atom. The number of nitrogens with two attached hydrogens (primary N) is 2. The molecule has 1 aliphatic carbocycles. The van der Waals surface area contributed by atoms with Crippen LogP contribution in [0.3, 0.4) is 0 Å². The van der Waals surface area contributed by atoms with Crippen molar-refractivity contribution in [2.75, 3.05) is 5.75 Å². The molecule has 0 aromatic carbocycles. The normalized spacial score (nSPS) is 35.1. The minimum absolute atomic E-state index is 0.0358. The molecule has 0 radical (unpaired) electrons. The molecule has 1 rings (SSSR count). The highest BCUT2D eigenvalue weighted by atomic mass is 32.2. The van der Waals surface area contributed by atoms with Crippen molar-refractivity contribution in [1.29, 1.82) is 0 Å². The second-order valence-corrected chi connectivity index (χ2v) is 5.77. The molecule has 14 heavy (non-hydrogen) atoms. The molecule has 4 N–H and O–H groups in total. The number of carbonyl (C=O) groups is 1. The van der Waals surface area contributed by atoms with E-state index >= 15 is 0 Å². The molecule has 1 fully saturated rings. The van der Waals surface area contributed by atoms with Gasteiger partial charge in [-0.3, -0.25) is 9.00 Å². The van der Waals surface area contributed by atoms with Gasteiger partial charge in [0.05, 0.1) is 5.25 Å². The Morgan fingerprint density at radius 3 is 2.71 bits per heavy atom. The summed E-state index contributed by atoms with van der Waals surface area (Å²) in [7, 11) is -1.19. The smallest absolute Gasteiger partial charge is 0.230 e. The van der Waals surface area contributed by atoms with Crippen LogP contribution in [0.4, 0.5) is 0 Å². The van der Waals surface area contributed by atoms with Crippen LogP contribution >= 0.6 is 0 Å². The maximum absolute atomic E-state index is 11.7. The summed E-state index contributed by atoms with van der Waals surface area (Å²) < 4.78 is 11.7. The van der Waals surface area contributed by atoms with E-state index in [0.29, 0.717) is 5.92 Å². The molecule has 4 atom stereocenters. The Morgan fingerprint density at radius 2 is 2.14 bits per heavy atom. The van der Waals surface area contributed by atoms with Gasteiger partial charge in [-0.25, -0.2) is 0 Å². The monoisotopic (exact) mass is 218 g/mol. The van der Waals surface area contributed by atoms with Gasteiger partial charge in [0.15, 0.2) is 0 Å². The number of hydrogen-bond donors (Lipinski definition) is 2. The first-order chi connectivity index (χ1) is 6.50. The summed E-state index contributed by atoms with van der Waals surface area (Å²) in [6, 6.07) is -0.0358. The molecular weight excluding hydrogens is 200 g/mol. The first kappa shape index (κ1) is 11.7. The van der Waals surface area contributed by atoms with Gasteiger partial charge in [-0.1, -0.05) is 6.92 Å². The molecule has 0 bridgehead atoms. The first-order valence-electron chi connectivity index (χ1n) is 4.91. The minimum Gasteiger partial charge on any atom is -0.369 e. The fourth-order valence-electron chi connectivity index (χ4n) is 1.90. The summed E-state index contributed by atoms with van der Waals surface area (Å²) in [5.74, 6) is -0.00386. The molecule has 5 heteroatoms. The average molecular weight is 218 g/mol. The van der Waals surface area contributed by atoms with Crippen molar-refractivity contribution in [3.63, 3.8) is 0 Å². The predicted octanol–water partition coefficient (Wildman–Crippen LogP) is -0.264. The van der Waals surface area contributed by atoms with Gasteiger partial charge in [-0.05, 0) is 25.2 Å². The Hall–Kier alpha value is -0.420. The SMILES string of the molecule is CC1CCC(N)C(S(=O)CC(N)=O)C1. The van der Waals surface area contributed by atoms with Crippen molar-refractivity contribution in [2.45, 2.75) is 37.5 Å². The third-order valence-corrected chi connectivity index (χ3v) is 4.51. The van der Waals surface area contributed by atoms with Gasteiger partial charge in [0, 0.05) is 16.8 Å². The number of rotatable bonds is 3. The summed E-state index contributed by atoms with van der Waals surface area (Å²) in [5, 5.41) is -0.0498. The van der Waals surface area contributed by atoms with E-state index in [1.807, 2.05) is 0 Å². The van der Waals surface area contributed by atoms with Crippen LogP contribution in [0.5, 0.6) is 0 Å². The molecule has 4 nitrogen and oxygen atoms in total. The first-order valence-corrected chi connectivity index (χ1v) is 6.30. The fraction of sp³-hybridized carbons (Fsp3) is 0.889. The van der Waals surface area contributed by atoms with Gasteiger partial charge in [0.1, 0.15) is 5.75 Å². The van der Waals surface area contributed by atoms with Crippen molar-refractivity contribution in [3.8, 4) is 0 Å². The van der Waals surface area contributed by atoms with Crippen LogP contribution in [0.2, 0.25) is 0 Å². The van der Waals surface area contributed by atoms with Gasteiger partial charge in [-0.15, -0.1) is 0 Å². The lowest BCUT2D eigenvalue weighted by molar-refractivity contribution is -0.115. The lowest BCUT2D eigenvalue weighted by atomic mass is 9.87. The van der Waals surface area contributed by atoms with Crippen molar-refractivity contribution >= 4 is 16.7 Å². The van der Waals surface area contributed by atoms with Crippen LogP contribution in [-0.4, -0.2) is 27.2 Å². The van der Waals surface area contributed by atoms with E-state index in [1.165, 1.54) is 0 Å². The molecule has 0 saturated heterocycles. The van der Waals surface area contributed by atoms with Gasteiger partial charge in [0.25, 0.3) is 0 Å².